The van der Waals surface area contributed by atoms with Crippen molar-refractivity contribution in [1.29, 1.82) is 0 Å². The maximum absolute atomic E-state index is 13.7. The van der Waals surface area contributed by atoms with Gasteiger partial charge in [-0.15, -0.1) is 0 Å². The van der Waals surface area contributed by atoms with Gasteiger partial charge in [0.05, 0.1) is 17.7 Å². The van der Waals surface area contributed by atoms with Gasteiger partial charge in [0.25, 0.3) is 10.0 Å². The van der Waals surface area contributed by atoms with Crippen molar-refractivity contribution in [1.82, 2.24) is 10.2 Å². The molecule has 3 rings (SSSR count). The molecule has 0 spiro atoms. The van der Waals surface area contributed by atoms with Crippen molar-refractivity contribution in [3.63, 3.8) is 0 Å². The second-order valence-corrected chi connectivity index (χ2v) is 10.9. The van der Waals surface area contributed by atoms with E-state index in [0.717, 1.165) is 4.31 Å². The molecule has 0 aliphatic heterocycles. The van der Waals surface area contributed by atoms with E-state index in [2.05, 4.69) is 5.32 Å². The van der Waals surface area contributed by atoms with Crippen LogP contribution in [0.1, 0.15) is 12.5 Å². The average molecular weight is 564 g/mol. The zero-order chi connectivity index (χ0) is 27.2. The number of hydrogen-bond acceptors (Lipinski definition) is 5. The average Bonchev–Trinajstić information content (AvgIpc) is 2.89. The minimum atomic E-state index is -4.20. The van der Waals surface area contributed by atoms with Crippen LogP contribution < -0.4 is 14.4 Å². The van der Waals surface area contributed by atoms with Gasteiger partial charge in [0.2, 0.25) is 11.8 Å². The summed E-state index contributed by atoms with van der Waals surface area (Å²) in [5.41, 5.74) is 0.815. The summed E-state index contributed by atoms with van der Waals surface area (Å²) in [5, 5.41) is 2.95. The number of halogens is 2. The summed E-state index contributed by atoms with van der Waals surface area (Å²) in [7, 11) is -1.21. The van der Waals surface area contributed by atoms with Crippen molar-refractivity contribution in [3.8, 4) is 5.75 Å². The van der Waals surface area contributed by atoms with Crippen LogP contribution in [0.15, 0.2) is 77.7 Å². The summed E-state index contributed by atoms with van der Waals surface area (Å²) < 4.78 is 33.6. The topological polar surface area (TPSA) is 96.0 Å². The number of likely N-dealkylation sites (N-methyl/N-ethyl adjacent to an activating group) is 1. The molecule has 11 heteroatoms. The minimum Gasteiger partial charge on any atom is -0.497 e. The van der Waals surface area contributed by atoms with E-state index < -0.39 is 34.4 Å². The number of methoxy groups -OCH3 is 1. The Morgan fingerprint density at radius 1 is 0.973 bits per heavy atom. The summed E-state index contributed by atoms with van der Waals surface area (Å²) in [5.74, 6) is -0.423. The van der Waals surface area contributed by atoms with E-state index in [1.165, 1.54) is 49.4 Å². The van der Waals surface area contributed by atoms with E-state index >= 15 is 0 Å². The summed E-state index contributed by atoms with van der Waals surface area (Å²) >= 11 is 12.3. The number of ether oxygens (including phenoxy) is 1. The number of sulfonamides is 1. The Labute approximate surface area is 226 Å². The third-order valence-electron chi connectivity index (χ3n) is 5.65. The number of nitrogens with one attached hydrogen (secondary N) is 1. The van der Waals surface area contributed by atoms with Crippen molar-refractivity contribution >= 4 is 50.7 Å². The van der Waals surface area contributed by atoms with Gasteiger partial charge >= 0.3 is 0 Å². The molecular weight excluding hydrogens is 537 g/mol. The van der Waals surface area contributed by atoms with Gasteiger partial charge < -0.3 is 15.0 Å². The highest BCUT2D eigenvalue weighted by atomic mass is 35.5. The van der Waals surface area contributed by atoms with E-state index in [9.17, 15) is 18.0 Å². The predicted molar refractivity (Wildman–Crippen MR) is 145 cm³/mol. The highest BCUT2D eigenvalue weighted by Crippen LogP contribution is 2.30. The number of carbonyl (C=O) groups is 2. The maximum Gasteiger partial charge on any atom is 0.264 e. The van der Waals surface area contributed by atoms with Crippen LogP contribution in [-0.4, -0.2) is 51.9 Å². The lowest BCUT2D eigenvalue weighted by molar-refractivity contribution is -0.139. The van der Waals surface area contributed by atoms with Crippen LogP contribution in [0.5, 0.6) is 5.75 Å². The Balaban J connectivity index is 2.05. The van der Waals surface area contributed by atoms with Crippen LogP contribution in [0.4, 0.5) is 5.69 Å². The van der Waals surface area contributed by atoms with Crippen LogP contribution in [0.2, 0.25) is 10.0 Å². The molecule has 0 saturated carbocycles. The molecule has 37 heavy (non-hydrogen) atoms. The molecule has 0 aliphatic rings. The number of benzene rings is 3. The van der Waals surface area contributed by atoms with Crippen molar-refractivity contribution in [3.05, 3.63) is 88.4 Å². The molecule has 3 aromatic rings. The van der Waals surface area contributed by atoms with Crippen LogP contribution in [0.3, 0.4) is 0 Å². The second-order valence-electron chi connectivity index (χ2n) is 8.12. The highest BCUT2D eigenvalue weighted by Gasteiger charge is 2.32. The van der Waals surface area contributed by atoms with E-state index in [0.29, 0.717) is 11.3 Å². The van der Waals surface area contributed by atoms with Crippen LogP contribution in [0.25, 0.3) is 0 Å². The zero-order valence-corrected chi connectivity index (χ0v) is 22.8. The molecule has 0 saturated heterocycles. The first-order valence-electron chi connectivity index (χ1n) is 11.2. The minimum absolute atomic E-state index is 0.0161. The summed E-state index contributed by atoms with van der Waals surface area (Å²) in [4.78, 5) is 27.6. The normalized spacial score (nSPS) is 11.9. The molecule has 0 heterocycles. The van der Waals surface area contributed by atoms with Gasteiger partial charge in [0.1, 0.15) is 18.3 Å². The van der Waals surface area contributed by atoms with E-state index in [1.807, 2.05) is 0 Å². The lowest BCUT2D eigenvalue weighted by Gasteiger charge is -2.32. The van der Waals surface area contributed by atoms with Gasteiger partial charge in [-0.1, -0.05) is 53.5 Å². The number of hydrogen-bond donors (Lipinski definition) is 1. The predicted octanol–water partition coefficient (Wildman–Crippen LogP) is 4.36. The number of nitrogens with zero attached hydrogens (tertiary/aromatic N) is 2. The molecule has 1 unspecified atom stereocenters. The maximum atomic E-state index is 13.7. The third kappa shape index (κ3) is 6.94. The molecule has 0 aliphatic carbocycles. The fraction of sp³-hybridized carbons (Fsp3) is 0.231. The van der Waals surface area contributed by atoms with Gasteiger partial charge in [-0.05, 0) is 55.0 Å². The Morgan fingerprint density at radius 2 is 1.62 bits per heavy atom. The lowest BCUT2D eigenvalue weighted by Crippen LogP contribution is -2.50. The number of anilines is 1. The Bertz CT molecular complexity index is 1350. The first-order chi connectivity index (χ1) is 17.6. The summed E-state index contributed by atoms with van der Waals surface area (Å²) in [6.45, 7) is 1.02. The molecule has 0 aromatic heterocycles. The Hall–Kier alpha value is -3.27. The monoisotopic (exact) mass is 563 g/mol. The molecule has 2 amide bonds. The van der Waals surface area contributed by atoms with Crippen LogP contribution in [0, 0.1) is 0 Å². The van der Waals surface area contributed by atoms with E-state index in [1.54, 1.807) is 49.4 Å². The largest absolute Gasteiger partial charge is 0.497 e. The zero-order valence-electron chi connectivity index (χ0n) is 20.5. The molecule has 1 N–H and O–H groups in total. The van der Waals surface area contributed by atoms with Gasteiger partial charge in [0.15, 0.2) is 0 Å². The van der Waals surface area contributed by atoms with Crippen molar-refractivity contribution in [2.24, 2.45) is 0 Å². The fourth-order valence-electron chi connectivity index (χ4n) is 3.69. The third-order valence-corrected chi connectivity index (χ3v) is 7.87. The van der Waals surface area contributed by atoms with E-state index in [4.69, 9.17) is 27.9 Å². The van der Waals surface area contributed by atoms with Crippen LogP contribution >= 0.6 is 23.2 Å². The van der Waals surface area contributed by atoms with Crippen LogP contribution in [-0.2, 0) is 26.2 Å². The molecule has 196 valence electrons. The molecule has 0 bridgehead atoms. The fourth-order valence-corrected chi connectivity index (χ4v) is 5.62. The lowest BCUT2D eigenvalue weighted by atomic mass is 10.1. The first kappa shape index (κ1) is 28.3. The van der Waals surface area contributed by atoms with Crippen molar-refractivity contribution in [2.45, 2.75) is 24.4 Å². The van der Waals surface area contributed by atoms with Gasteiger partial charge in [0, 0.05) is 23.6 Å². The Kier molecular flexibility index (Phi) is 9.42. The number of carbonyl (C=O) groups excluding carboxylic acids is 2. The molecule has 0 fully saturated rings. The Morgan fingerprint density at radius 3 is 2.22 bits per heavy atom. The standard InChI is InChI=1S/C26H27Cl2N3O5S/c1-18(26(33)29-2)30(16-19-8-7-9-23(12-19)36-3)25(32)17-31(22-14-20(27)13-21(28)15-22)37(34,35)24-10-5-4-6-11-24/h4-15,18H,16-17H2,1-3H3,(H,29,33). The number of amides is 2. The molecule has 0 radical (unpaired) electrons. The van der Waals surface area contributed by atoms with E-state index in [-0.39, 0.29) is 27.2 Å². The van der Waals surface area contributed by atoms with Gasteiger partial charge in [-0.25, -0.2) is 8.42 Å². The van der Waals surface area contributed by atoms with Gasteiger partial charge in [-0.2, -0.15) is 0 Å². The summed E-state index contributed by atoms with van der Waals surface area (Å²) in [6.07, 6.45) is 0. The highest BCUT2D eigenvalue weighted by molar-refractivity contribution is 7.92. The molecular formula is C26H27Cl2N3O5S. The smallest absolute Gasteiger partial charge is 0.264 e. The van der Waals surface area contributed by atoms with Crippen molar-refractivity contribution in [2.75, 3.05) is 25.0 Å². The number of rotatable bonds is 10. The van der Waals surface area contributed by atoms with Crippen molar-refractivity contribution < 1.29 is 22.7 Å². The second kappa shape index (κ2) is 12.3. The quantitative estimate of drug-likeness (QED) is 0.395. The SMILES string of the molecule is CNC(=O)C(C)N(Cc1cccc(OC)c1)C(=O)CN(c1cc(Cl)cc(Cl)c1)S(=O)(=O)c1ccccc1. The van der Waals surface area contributed by atoms with Gasteiger partial charge in [-0.3, -0.25) is 13.9 Å². The molecule has 1 atom stereocenters. The molecule has 3 aromatic carbocycles. The summed E-state index contributed by atoms with van der Waals surface area (Å²) in [6, 6.07) is 18.2. The molecule has 8 nitrogen and oxygen atoms in total. The first-order valence-corrected chi connectivity index (χ1v) is 13.4.